The lowest BCUT2D eigenvalue weighted by Gasteiger charge is -2.33. The number of alkyl carbamates (subject to hydrolysis) is 1. The Kier molecular flexibility index (Phi) is 10.0. The molecule has 0 aromatic heterocycles. The van der Waals surface area contributed by atoms with Gasteiger partial charge in [-0.15, -0.1) is 0 Å². The number of carbonyl (C=O) groups is 3. The Morgan fingerprint density at radius 3 is 2.26 bits per heavy atom. The number of hydrogen-bond acceptors (Lipinski definition) is 4. The highest BCUT2D eigenvalue weighted by Crippen LogP contribution is 2.24. The lowest BCUT2D eigenvalue weighted by atomic mass is 9.98. The van der Waals surface area contributed by atoms with Crippen LogP contribution in [0, 0.1) is 13.8 Å². The molecule has 3 amide bonds. The first kappa shape index (κ1) is 26.5. The Bertz CT molecular complexity index is 771. The molecule has 0 saturated carbocycles. The maximum Gasteiger partial charge on any atom is 0.408 e. The molecular formula is C24H39N3O4. The van der Waals surface area contributed by atoms with Gasteiger partial charge in [0.05, 0.1) is 0 Å². The standard InChI is InChI=1S/C24H39N3O4/c1-9-11-14-25-21(28)20(19-13-12-16(3)17(4)15-19)27(10-2)22(29)18(5)26-23(30)31-24(6,7)8/h12-13,15,18,20H,9-11,14H2,1-8H3,(H,25,28)(H,26,30). The van der Waals surface area contributed by atoms with Crippen LogP contribution in [0.4, 0.5) is 4.79 Å². The van der Waals surface area contributed by atoms with Gasteiger partial charge in [-0.2, -0.15) is 0 Å². The van der Waals surface area contributed by atoms with Crippen LogP contribution in [0.15, 0.2) is 18.2 Å². The maximum atomic E-state index is 13.3. The van der Waals surface area contributed by atoms with Crippen LogP contribution in [0.1, 0.15) is 77.1 Å². The monoisotopic (exact) mass is 433 g/mol. The number of carbonyl (C=O) groups excluding carboxylic acids is 3. The maximum absolute atomic E-state index is 13.3. The molecule has 1 aromatic rings. The summed E-state index contributed by atoms with van der Waals surface area (Å²) in [7, 11) is 0. The van der Waals surface area contributed by atoms with Crippen molar-refractivity contribution in [1.29, 1.82) is 0 Å². The van der Waals surface area contributed by atoms with Crippen molar-refractivity contribution in [2.45, 2.75) is 85.9 Å². The molecule has 0 saturated heterocycles. The minimum Gasteiger partial charge on any atom is -0.444 e. The number of benzene rings is 1. The number of likely N-dealkylation sites (N-methyl/N-ethyl adjacent to an activating group) is 1. The molecule has 0 radical (unpaired) electrons. The zero-order valence-corrected chi connectivity index (χ0v) is 20.3. The Labute approximate surface area is 186 Å². The van der Waals surface area contributed by atoms with Crippen LogP contribution < -0.4 is 10.6 Å². The van der Waals surface area contributed by atoms with Crippen LogP contribution in [-0.4, -0.2) is 47.5 Å². The minimum atomic E-state index is -0.840. The summed E-state index contributed by atoms with van der Waals surface area (Å²) in [4.78, 5) is 40.0. The molecule has 7 heteroatoms. The molecule has 1 rings (SSSR count). The van der Waals surface area contributed by atoms with Gasteiger partial charge in [0.15, 0.2) is 0 Å². The molecule has 0 aliphatic rings. The molecule has 0 heterocycles. The number of nitrogens with one attached hydrogen (secondary N) is 2. The molecule has 2 N–H and O–H groups in total. The number of amides is 3. The van der Waals surface area contributed by atoms with Crippen molar-refractivity contribution in [3.8, 4) is 0 Å². The summed E-state index contributed by atoms with van der Waals surface area (Å²) in [5.41, 5.74) is 2.24. The number of hydrogen-bond donors (Lipinski definition) is 2. The quantitative estimate of drug-likeness (QED) is 0.576. The Hall–Kier alpha value is -2.57. The van der Waals surface area contributed by atoms with E-state index in [1.807, 2.05) is 39.0 Å². The van der Waals surface area contributed by atoms with Gasteiger partial charge in [-0.1, -0.05) is 31.5 Å². The highest BCUT2D eigenvalue weighted by molar-refractivity contribution is 5.92. The van der Waals surface area contributed by atoms with Gasteiger partial charge in [0.2, 0.25) is 11.8 Å². The predicted molar refractivity (Wildman–Crippen MR) is 123 cm³/mol. The van der Waals surface area contributed by atoms with Crippen molar-refractivity contribution in [3.05, 3.63) is 34.9 Å². The molecule has 2 unspecified atom stereocenters. The SMILES string of the molecule is CCCCNC(=O)C(c1ccc(C)c(C)c1)N(CC)C(=O)C(C)NC(=O)OC(C)(C)C. The second-order valence-electron chi connectivity index (χ2n) is 8.88. The highest BCUT2D eigenvalue weighted by Gasteiger charge is 2.33. The number of aryl methyl sites for hydroxylation is 2. The second kappa shape index (κ2) is 11.7. The smallest absolute Gasteiger partial charge is 0.408 e. The van der Waals surface area contributed by atoms with Crippen LogP contribution in [0.5, 0.6) is 0 Å². The first-order valence-corrected chi connectivity index (χ1v) is 11.1. The molecular weight excluding hydrogens is 394 g/mol. The van der Waals surface area contributed by atoms with E-state index in [0.29, 0.717) is 13.1 Å². The third kappa shape index (κ3) is 8.23. The van der Waals surface area contributed by atoms with Crippen molar-refractivity contribution < 1.29 is 19.1 Å². The van der Waals surface area contributed by atoms with E-state index in [4.69, 9.17) is 4.74 Å². The number of rotatable bonds is 9. The van der Waals surface area contributed by atoms with E-state index in [1.165, 1.54) is 4.90 Å². The minimum absolute atomic E-state index is 0.226. The zero-order valence-electron chi connectivity index (χ0n) is 20.3. The number of ether oxygens (including phenoxy) is 1. The van der Waals surface area contributed by atoms with Gasteiger partial charge < -0.3 is 20.3 Å². The average Bonchev–Trinajstić information content (AvgIpc) is 2.66. The Morgan fingerprint density at radius 1 is 1.10 bits per heavy atom. The molecule has 0 bridgehead atoms. The zero-order chi connectivity index (χ0) is 23.8. The summed E-state index contributed by atoms with van der Waals surface area (Å²) >= 11 is 0. The van der Waals surface area contributed by atoms with E-state index in [1.54, 1.807) is 27.7 Å². The van der Waals surface area contributed by atoms with Gasteiger partial charge in [-0.25, -0.2) is 4.79 Å². The summed E-state index contributed by atoms with van der Waals surface area (Å²) in [6.45, 7) is 15.6. The van der Waals surface area contributed by atoms with Gasteiger partial charge in [0, 0.05) is 13.1 Å². The lowest BCUT2D eigenvalue weighted by molar-refractivity contribution is -0.141. The van der Waals surface area contributed by atoms with Gasteiger partial charge in [0.25, 0.3) is 0 Å². The van der Waals surface area contributed by atoms with Crippen molar-refractivity contribution in [1.82, 2.24) is 15.5 Å². The van der Waals surface area contributed by atoms with Gasteiger partial charge >= 0.3 is 6.09 Å². The highest BCUT2D eigenvalue weighted by atomic mass is 16.6. The molecule has 7 nitrogen and oxygen atoms in total. The summed E-state index contributed by atoms with van der Waals surface area (Å²) < 4.78 is 5.26. The molecule has 0 spiro atoms. The summed E-state index contributed by atoms with van der Waals surface area (Å²) in [5, 5.41) is 5.54. The van der Waals surface area contributed by atoms with E-state index in [9.17, 15) is 14.4 Å². The molecule has 174 valence electrons. The predicted octanol–water partition coefficient (Wildman–Crippen LogP) is 4.02. The number of unbranched alkanes of at least 4 members (excludes halogenated alkanes) is 1. The first-order valence-electron chi connectivity index (χ1n) is 11.1. The third-order valence-corrected chi connectivity index (χ3v) is 4.96. The van der Waals surface area contributed by atoms with Crippen molar-refractivity contribution in [2.75, 3.05) is 13.1 Å². The second-order valence-corrected chi connectivity index (χ2v) is 8.88. The molecule has 2 atom stereocenters. The van der Waals surface area contributed by atoms with E-state index in [0.717, 1.165) is 29.5 Å². The van der Waals surface area contributed by atoms with Crippen molar-refractivity contribution in [3.63, 3.8) is 0 Å². The van der Waals surface area contributed by atoms with Gasteiger partial charge in [-0.3, -0.25) is 9.59 Å². The fraction of sp³-hybridized carbons (Fsp3) is 0.625. The summed E-state index contributed by atoms with van der Waals surface area (Å²) in [5.74, 6) is -0.571. The van der Waals surface area contributed by atoms with Crippen LogP contribution in [0.2, 0.25) is 0 Å². The van der Waals surface area contributed by atoms with E-state index < -0.39 is 23.8 Å². The third-order valence-electron chi connectivity index (χ3n) is 4.96. The van der Waals surface area contributed by atoms with Crippen LogP contribution in [-0.2, 0) is 14.3 Å². The van der Waals surface area contributed by atoms with E-state index >= 15 is 0 Å². The van der Waals surface area contributed by atoms with Crippen LogP contribution in [0.25, 0.3) is 0 Å². The van der Waals surface area contributed by atoms with Gasteiger partial charge in [-0.05, 0) is 71.6 Å². The fourth-order valence-electron chi connectivity index (χ4n) is 3.15. The van der Waals surface area contributed by atoms with Crippen molar-refractivity contribution in [2.24, 2.45) is 0 Å². The molecule has 1 aromatic carbocycles. The molecule has 31 heavy (non-hydrogen) atoms. The molecule has 0 aliphatic heterocycles. The number of nitrogens with zero attached hydrogens (tertiary/aromatic N) is 1. The lowest BCUT2D eigenvalue weighted by Crippen LogP contribution is -2.52. The average molecular weight is 434 g/mol. The normalized spacial score (nSPS) is 13.2. The Morgan fingerprint density at radius 2 is 1.74 bits per heavy atom. The van der Waals surface area contributed by atoms with E-state index in [2.05, 4.69) is 17.6 Å². The summed E-state index contributed by atoms with van der Waals surface area (Å²) in [6, 6.07) is 4.16. The molecule has 0 aliphatic carbocycles. The van der Waals surface area contributed by atoms with Crippen molar-refractivity contribution >= 4 is 17.9 Å². The Balaban J connectivity index is 3.16. The van der Waals surface area contributed by atoms with E-state index in [-0.39, 0.29) is 11.8 Å². The largest absolute Gasteiger partial charge is 0.444 e. The fourth-order valence-corrected chi connectivity index (χ4v) is 3.15. The van der Waals surface area contributed by atoms with Crippen LogP contribution in [0.3, 0.4) is 0 Å². The summed E-state index contributed by atoms with van der Waals surface area (Å²) in [6.07, 6.45) is 1.16. The molecule has 0 fully saturated rings. The first-order chi connectivity index (χ1) is 14.4. The van der Waals surface area contributed by atoms with Gasteiger partial charge in [0.1, 0.15) is 17.7 Å². The van der Waals surface area contributed by atoms with Crippen LogP contribution >= 0.6 is 0 Å². The topological polar surface area (TPSA) is 87.7 Å².